The lowest BCUT2D eigenvalue weighted by Crippen LogP contribution is -2.67. The summed E-state index contributed by atoms with van der Waals surface area (Å²) >= 11 is 0. The minimum Gasteiger partial charge on any atom is -0.469 e. The van der Waals surface area contributed by atoms with Gasteiger partial charge in [0.15, 0.2) is 0 Å². The Morgan fingerprint density at radius 1 is 0.972 bits per heavy atom. The zero-order valence-corrected chi connectivity index (χ0v) is 24.4. The molecule has 4 saturated carbocycles. The van der Waals surface area contributed by atoms with Crippen LogP contribution in [0.15, 0.2) is 11.6 Å². The average molecular weight is 501 g/mol. The van der Waals surface area contributed by atoms with E-state index in [-0.39, 0.29) is 45.1 Å². The van der Waals surface area contributed by atoms with Crippen LogP contribution in [0.1, 0.15) is 99.8 Å². The van der Waals surface area contributed by atoms with Gasteiger partial charge in [0.05, 0.1) is 24.7 Å². The van der Waals surface area contributed by atoms with Crippen molar-refractivity contribution in [3.63, 3.8) is 0 Å². The molecule has 4 nitrogen and oxygen atoms in total. The Bertz CT molecular complexity index is 938. The molecule has 5 rings (SSSR count). The number of aliphatic hydroxyl groups excluding tert-OH is 1. The molecule has 36 heavy (non-hydrogen) atoms. The maximum atomic E-state index is 13.4. The highest BCUT2D eigenvalue weighted by atomic mass is 16.5. The second-order valence-corrected chi connectivity index (χ2v) is 15.0. The molecule has 4 fully saturated rings. The smallest absolute Gasteiger partial charge is 0.312 e. The minimum absolute atomic E-state index is 0.0306. The van der Waals surface area contributed by atoms with Gasteiger partial charge in [0.25, 0.3) is 0 Å². The fourth-order valence-electron chi connectivity index (χ4n) is 11.4. The number of carbonyl (C=O) groups excluding carboxylic acids is 1. The number of rotatable bonds is 2. The number of methoxy groups -OCH3 is 2. The van der Waals surface area contributed by atoms with Crippen molar-refractivity contribution in [2.45, 2.75) is 112 Å². The molecule has 0 aliphatic heterocycles. The Kier molecular flexibility index (Phi) is 6.17. The summed E-state index contributed by atoms with van der Waals surface area (Å²) in [5, 5.41) is 11.3. The van der Waals surface area contributed by atoms with Crippen molar-refractivity contribution in [3.05, 3.63) is 11.6 Å². The van der Waals surface area contributed by atoms with Crippen LogP contribution >= 0.6 is 0 Å². The van der Waals surface area contributed by atoms with Crippen LogP contribution in [0.3, 0.4) is 0 Å². The van der Waals surface area contributed by atoms with Crippen molar-refractivity contribution in [2.24, 2.45) is 56.7 Å². The van der Waals surface area contributed by atoms with E-state index in [1.165, 1.54) is 6.42 Å². The number of carbonyl (C=O) groups is 1. The van der Waals surface area contributed by atoms with Crippen LogP contribution in [-0.4, -0.2) is 37.5 Å². The van der Waals surface area contributed by atoms with Gasteiger partial charge in [-0.05, 0) is 103 Å². The van der Waals surface area contributed by atoms with Gasteiger partial charge in [-0.1, -0.05) is 60.1 Å². The number of hydrogen-bond donors (Lipinski definition) is 1. The molecule has 1 N–H and O–H groups in total. The van der Waals surface area contributed by atoms with Gasteiger partial charge in [-0.3, -0.25) is 4.79 Å². The van der Waals surface area contributed by atoms with Crippen molar-refractivity contribution >= 4 is 5.97 Å². The quantitative estimate of drug-likeness (QED) is 0.334. The molecule has 5 aliphatic rings. The Morgan fingerprint density at radius 2 is 1.67 bits per heavy atom. The first-order valence-electron chi connectivity index (χ1n) is 14.7. The van der Waals surface area contributed by atoms with Crippen LogP contribution in [-0.2, 0) is 14.3 Å². The maximum absolute atomic E-state index is 13.4. The van der Waals surface area contributed by atoms with Crippen molar-refractivity contribution in [1.82, 2.24) is 0 Å². The maximum Gasteiger partial charge on any atom is 0.312 e. The van der Waals surface area contributed by atoms with E-state index in [4.69, 9.17) is 9.47 Å². The third-order valence-corrected chi connectivity index (χ3v) is 13.8. The van der Waals surface area contributed by atoms with E-state index in [9.17, 15) is 9.90 Å². The molecule has 4 heteroatoms. The highest BCUT2D eigenvalue weighted by Crippen LogP contribution is 2.75. The number of hydrogen-bond acceptors (Lipinski definition) is 4. The van der Waals surface area contributed by atoms with Crippen LogP contribution in [0.5, 0.6) is 0 Å². The predicted octanol–water partition coefficient (Wildman–Crippen LogP) is 6.80. The van der Waals surface area contributed by atoms with E-state index in [0.717, 1.165) is 44.9 Å². The molecular weight excluding hydrogens is 448 g/mol. The molecule has 0 spiro atoms. The van der Waals surface area contributed by atoms with E-state index < -0.39 is 6.10 Å². The Hall–Kier alpha value is -0.870. The Morgan fingerprint density at radius 3 is 2.31 bits per heavy atom. The number of fused-ring (bicyclic) bond motifs is 7. The summed E-state index contributed by atoms with van der Waals surface area (Å²) in [5.74, 6) is 2.45. The van der Waals surface area contributed by atoms with Gasteiger partial charge < -0.3 is 14.6 Å². The van der Waals surface area contributed by atoms with Gasteiger partial charge in [-0.2, -0.15) is 0 Å². The number of esters is 1. The summed E-state index contributed by atoms with van der Waals surface area (Å²) in [5.41, 5.74) is 1.43. The van der Waals surface area contributed by atoms with Crippen LogP contribution in [0.4, 0.5) is 0 Å². The fraction of sp³-hybridized carbons (Fsp3) is 0.906. The number of allylic oxidation sites excluding steroid dienone is 2. The first kappa shape index (κ1) is 26.7. The summed E-state index contributed by atoms with van der Waals surface area (Å²) < 4.78 is 11.4. The largest absolute Gasteiger partial charge is 0.469 e. The molecule has 0 amide bonds. The molecule has 0 radical (unpaired) electrons. The highest BCUT2D eigenvalue weighted by molar-refractivity contribution is 5.78. The summed E-state index contributed by atoms with van der Waals surface area (Å²) in [7, 11) is 3.36. The van der Waals surface area contributed by atoms with Gasteiger partial charge >= 0.3 is 5.97 Å². The fourth-order valence-corrected chi connectivity index (χ4v) is 11.4. The summed E-state index contributed by atoms with van der Waals surface area (Å²) in [6, 6.07) is 0. The molecule has 0 unspecified atom stereocenters. The molecule has 0 bridgehead atoms. The van der Waals surface area contributed by atoms with Crippen LogP contribution < -0.4 is 0 Å². The lowest BCUT2D eigenvalue weighted by atomic mass is 9.33. The second kappa shape index (κ2) is 8.31. The highest BCUT2D eigenvalue weighted by Gasteiger charge is 2.70. The molecule has 0 aromatic heterocycles. The van der Waals surface area contributed by atoms with E-state index in [1.807, 2.05) is 0 Å². The zero-order chi connectivity index (χ0) is 26.5. The number of aliphatic hydroxyl groups is 1. The third-order valence-electron chi connectivity index (χ3n) is 13.8. The molecule has 0 saturated heterocycles. The van der Waals surface area contributed by atoms with Crippen LogP contribution in [0.2, 0.25) is 0 Å². The molecular formula is C32H52O4. The SMILES string of the molecule is COC(=O)[C@]12CC[C@@H](C)[C@H](C)[C@H]1C1=CC[C@@H]3[C@@]4(C)C[C@@H](OC)[C@@H](O)C(C)(C)[C@@H]4CC[C@@]3(C)[C@]1(C)CC2. The van der Waals surface area contributed by atoms with E-state index in [1.54, 1.807) is 19.8 Å². The molecule has 0 heterocycles. The monoisotopic (exact) mass is 500 g/mol. The summed E-state index contributed by atoms with van der Waals surface area (Å²) in [4.78, 5) is 13.4. The number of ether oxygens (including phenoxy) is 2. The normalized spacial score (nSPS) is 53.7. The summed E-state index contributed by atoms with van der Waals surface area (Å²) in [6.45, 7) is 17.0. The molecule has 0 aromatic rings. The molecule has 0 aromatic carbocycles. The van der Waals surface area contributed by atoms with Crippen molar-refractivity contribution in [1.29, 1.82) is 0 Å². The van der Waals surface area contributed by atoms with Gasteiger partial charge in [-0.25, -0.2) is 0 Å². The van der Waals surface area contributed by atoms with Crippen molar-refractivity contribution in [3.8, 4) is 0 Å². The zero-order valence-electron chi connectivity index (χ0n) is 24.4. The molecule has 5 aliphatic carbocycles. The van der Waals surface area contributed by atoms with E-state index >= 15 is 0 Å². The van der Waals surface area contributed by atoms with Gasteiger partial charge in [0.2, 0.25) is 0 Å². The van der Waals surface area contributed by atoms with E-state index in [0.29, 0.717) is 23.7 Å². The van der Waals surface area contributed by atoms with Gasteiger partial charge in [-0.15, -0.1) is 0 Å². The lowest BCUT2D eigenvalue weighted by Gasteiger charge is -2.71. The third kappa shape index (κ3) is 3.09. The predicted molar refractivity (Wildman–Crippen MR) is 143 cm³/mol. The van der Waals surface area contributed by atoms with E-state index in [2.05, 4.69) is 54.5 Å². The van der Waals surface area contributed by atoms with Crippen molar-refractivity contribution < 1.29 is 19.4 Å². The first-order chi connectivity index (χ1) is 16.7. The lowest BCUT2D eigenvalue weighted by molar-refractivity contribution is -0.236. The minimum atomic E-state index is -0.421. The van der Waals surface area contributed by atoms with Gasteiger partial charge in [0, 0.05) is 7.11 Å². The first-order valence-corrected chi connectivity index (χ1v) is 14.7. The van der Waals surface area contributed by atoms with Crippen LogP contribution in [0, 0.1) is 56.7 Å². The Balaban J connectivity index is 1.62. The summed E-state index contributed by atoms with van der Waals surface area (Å²) in [6.07, 6.45) is 10.5. The average Bonchev–Trinajstić information content (AvgIpc) is 2.83. The molecule has 204 valence electrons. The van der Waals surface area contributed by atoms with Gasteiger partial charge in [0.1, 0.15) is 0 Å². The van der Waals surface area contributed by atoms with Crippen LogP contribution in [0.25, 0.3) is 0 Å². The molecule has 11 atom stereocenters. The standard InChI is InChI=1S/C32H52O4/c1-19-12-15-32(27(34)36-9)17-16-30(6)21(25(32)20(19)2)10-11-24-29(5)18-22(35-8)26(33)28(3,4)23(29)13-14-31(24,30)7/h10,19-20,22-26,33H,11-18H2,1-9H3/t19-,20+,22-,23+,24-,25+,26-,29+,30-,31-,32+/m1/s1. The Labute approximate surface area is 220 Å². The second-order valence-electron chi connectivity index (χ2n) is 15.0. The topological polar surface area (TPSA) is 55.8 Å². The van der Waals surface area contributed by atoms with Crippen molar-refractivity contribution in [2.75, 3.05) is 14.2 Å².